The lowest BCUT2D eigenvalue weighted by molar-refractivity contribution is -0.146. The predicted molar refractivity (Wildman–Crippen MR) is 81.1 cm³/mol. The number of hydrogen-bond donors (Lipinski definition) is 2. The lowest BCUT2D eigenvalue weighted by Gasteiger charge is -2.22. The van der Waals surface area contributed by atoms with Crippen LogP contribution in [0.25, 0.3) is 0 Å². The summed E-state index contributed by atoms with van der Waals surface area (Å²) < 4.78 is 4.68. The summed E-state index contributed by atoms with van der Waals surface area (Å²) in [6, 6.07) is 15.9. The van der Waals surface area contributed by atoms with E-state index in [0.717, 1.165) is 0 Å². The van der Waals surface area contributed by atoms with Crippen LogP contribution >= 0.6 is 0 Å². The Morgan fingerprint density at radius 2 is 1.55 bits per heavy atom. The van der Waals surface area contributed by atoms with Crippen LogP contribution in [0.3, 0.4) is 0 Å². The minimum atomic E-state index is -1.19. The van der Waals surface area contributed by atoms with E-state index >= 15 is 0 Å². The highest BCUT2D eigenvalue weighted by atomic mass is 16.5. The average Bonchev–Trinajstić information content (AvgIpc) is 2.59. The molecule has 0 fully saturated rings. The van der Waals surface area contributed by atoms with Gasteiger partial charge in [0.05, 0.1) is 7.11 Å². The number of rotatable bonds is 5. The summed E-state index contributed by atoms with van der Waals surface area (Å²) in [6.45, 7) is 0. The third kappa shape index (κ3) is 3.71. The molecule has 2 rings (SSSR count). The monoisotopic (exact) mass is 299 g/mol. The Kier molecular flexibility index (Phi) is 5.27. The van der Waals surface area contributed by atoms with Crippen LogP contribution < -0.4 is 5.32 Å². The molecule has 0 radical (unpaired) electrons. The van der Waals surface area contributed by atoms with Crippen molar-refractivity contribution in [2.45, 2.75) is 12.1 Å². The summed E-state index contributed by atoms with van der Waals surface area (Å²) in [5.41, 5.74) is 0.919. The highest BCUT2D eigenvalue weighted by Crippen LogP contribution is 2.18. The van der Waals surface area contributed by atoms with Gasteiger partial charge in [0.15, 0.2) is 6.04 Å². The second kappa shape index (κ2) is 7.38. The molecule has 2 atom stereocenters. The van der Waals surface area contributed by atoms with Crippen LogP contribution in [0.2, 0.25) is 0 Å². The van der Waals surface area contributed by atoms with E-state index < -0.39 is 24.0 Å². The van der Waals surface area contributed by atoms with E-state index in [0.29, 0.717) is 11.1 Å². The average molecular weight is 299 g/mol. The van der Waals surface area contributed by atoms with E-state index in [1.807, 2.05) is 0 Å². The van der Waals surface area contributed by atoms with E-state index in [1.165, 1.54) is 7.11 Å². The quantitative estimate of drug-likeness (QED) is 0.824. The number of carbonyl (C=O) groups is 2. The number of aliphatic hydroxyl groups excluding tert-OH is 1. The number of benzene rings is 2. The molecular formula is C17H17NO4. The van der Waals surface area contributed by atoms with Crippen LogP contribution in [-0.2, 0) is 9.53 Å². The number of ether oxygens (including phenoxy) is 1. The molecule has 0 heterocycles. The van der Waals surface area contributed by atoms with Gasteiger partial charge in [-0.2, -0.15) is 0 Å². The van der Waals surface area contributed by atoms with Crippen molar-refractivity contribution in [2.75, 3.05) is 7.11 Å². The van der Waals surface area contributed by atoms with Crippen molar-refractivity contribution in [3.05, 3.63) is 71.8 Å². The number of methoxy groups -OCH3 is 1. The fourth-order valence-electron chi connectivity index (χ4n) is 2.05. The standard InChI is InChI=1S/C17H17NO4/c1-22-17(21)14(15(19)12-8-4-2-5-9-12)18-16(20)13-10-6-3-7-11-13/h2-11,14-15,19H,1H3,(H,18,20)/t14-,15-/m1/s1. The molecule has 2 aromatic rings. The highest BCUT2D eigenvalue weighted by Gasteiger charge is 2.30. The first-order valence-electron chi connectivity index (χ1n) is 6.80. The van der Waals surface area contributed by atoms with Crippen molar-refractivity contribution in [2.24, 2.45) is 0 Å². The zero-order valence-corrected chi connectivity index (χ0v) is 12.1. The second-order valence-corrected chi connectivity index (χ2v) is 4.70. The molecule has 0 unspecified atom stereocenters. The zero-order valence-electron chi connectivity index (χ0n) is 12.1. The van der Waals surface area contributed by atoms with Crippen molar-refractivity contribution in [3.63, 3.8) is 0 Å². The lowest BCUT2D eigenvalue weighted by atomic mass is 10.0. The van der Waals surface area contributed by atoms with Crippen molar-refractivity contribution in [3.8, 4) is 0 Å². The molecule has 5 heteroatoms. The summed E-state index contributed by atoms with van der Waals surface area (Å²) in [4.78, 5) is 24.1. The molecule has 5 nitrogen and oxygen atoms in total. The molecule has 114 valence electrons. The van der Waals surface area contributed by atoms with Crippen LogP contribution in [0.5, 0.6) is 0 Å². The summed E-state index contributed by atoms with van der Waals surface area (Å²) in [7, 11) is 1.21. The molecular weight excluding hydrogens is 282 g/mol. The Labute approximate surface area is 128 Å². The predicted octanol–water partition coefficient (Wildman–Crippen LogP) is 1.69. The Bertz CT molecular complexity index is 628. The van der Waals surface area contributed by atoms with Crippen LogP contribution in [-0.4, -0.2) is 30.1 Å². The normalized spacial score (nSPS) is 13.0. The molecule has 0 saturated heterocycles. The van der Waals surface area contributed by atoms with Crippen LogP contribution in [0.15, 0.2) is 60.7 Å². The maximum atomic E-state index is 12.2. The van der Waals surface area contributed by atoms with Gasteiger partial charge in [-0.25, -0.2) is 4.79 Å². The van der Waals surface area contributed by atoms with Gasteiger partial charge in [-0.15, -0.1) is 0 Å². The summed E-state index contributed by atoms with van der Waals surface area (Å²) in [6.07, 6.45) is -1.19. The minimum Gasteiger partial charge on any atom is -0.467 e. The van der Waals surface area contributed by atoms with Gasteiger partial charge >= 0.3 is 5.97 Å². The summed E-state index contributed by atoms with van der Waals surface area (Å²) >= 11 is 0. The molecule has 2 N–H and O–H groups in total. The maximum Gasteiger partial charge on any atom is 0.331 e. The second-order valence-electron chi connectivity index (χ2n) is 4.70. The van der Waals surface area contributed by atoms with Crippen molar-refractivity contribution >= 4 is 11.9 Å². The Morgan fingerprint density at radius 1 is 1.00 bits per heavy atom. The number of amides is 1. The smallest absolute Gasteiger partial charge is 0.331 e. The van der Waals surface area contributed by atoms with Gasteiger partial charge in [-0.1, -0.05) is 48.5 Å². The maximum absolute atomic E-state index is 12.2. The Morgan fingerprint density at radius 3 is 2.09 bits per heavy atom. The van der Waals surface area contributed by atoms with Gasteiger partial charge in [-0.05, 0) is 17.7 Å². The molecule has 0 aliphatic heterocycles. The molecule has 2 aromatic carbocycles. The zero-order chi connectivity index (χ0) is 15.9. The first-order chi connectivity index (χ1) is 10.6. The van der Waals surface area contributed by atoms with Gasteiger partial charge in [0.1, 0.15) is 6.10 Å². The number of hydrogen-bond acceptors (Lipinski definition) is 4. The van der Waals surface area contributed by atoms with Gasteiger partial charge < -0.3 is 15.2 Å². The van der Waals surface area contributed by atoms with Gasteiger partial charge in [0.2, 0.25) is 0 Å². The van der Waals surface area contributed by atoms with E-state index in [-0.39, 0.29) is 0 Å². The van der Waals surface area contributed by atoms with Crippen molar-refractivity contribution < 1.29 is 19.4 Å². The molecule has 22 heavy (non-hydrogen) atoms. The van der Waals surface area contributed by atoms with E-state index in [9.17, 15) is 14.7 Å². The van der Waals surface area contributed by atoms with Crippen LogP contribution in [0.4, 0.5) is 0 Å². The summed E-state index contributed by atoms with van der Waals surface area (Å²) in [5, 5.41) is 12.9. The Hall–Kier alpha value is -2.66. The first kappa shape index (κ1) is 15.7. The molecule has 0 aromatic heterocycles. The largest absolute Gasteiger partial charge is 0.467 e. The lowest BCUT2D eigenvalue weighted by Crippen LogP contribution is -2.45. The minimum absolute atomic E-state index is 0.400. The number of carbonyl (C=O) groups excluding carboxylic acids is 2. The molecule has 0 bridgehead atoms. The third-order valence-electron chi connectivity index (χ3n) is 3.23. The molecule has 0 aliphatic carbocycles. The SMILES string of the molecule is COC(=O)[C@H](NC(=O)c1ccccc1)[C@H](O)c1ccccc1. The van der Waals surface area contributed by atoms with Gasteiger partial charge in [0, 0.05) is 5.56 Å². The third-order valence-corrected chi connectivity index (χ3v) is 3.23. The topological polar surface area (TPSA) is 75.6 Å². The van der Waals surface area contributed by atoms with E-state index in [4.69, 9.17) is 0 Å². The molecule has 0 spiro atoms. The van der Waals surface area contributed by atoms with Gasteiger partial charge in [-0.3, -0.25) is 4.79 Å². The van der Waals surface area contributed by atoms with Gasteiger partial charge in [0.25, 0.3) is 5.91 Å². The first-order valence-corrected chi connectivity index (χ1v) is 6.80. The molecule has 0 saturated carbocycles. The fourth-order valence-corrected chi connectivity index (χ4v) is 2.05. The molecule has 1 amide bonds. The Balaban J connectivity index is 2.20. The van der Waals surface area contributed by atoms with E-state index in [1.54, 1.807) is 60.7 Å². The number of esters is 1. The van der Waals surface area contributed by atoms with Crippen LogP contribution in [0.1, 0.15) is 22.0 Å². The number of nitrogens with one attached hydrogen (secondary N) is 1. The summed E-state index contributed by atoms with van der Waals surface area (Å²) in [5.74, 6) is -1.16. The fraction of sp³-hybridized carbons (Fsp3) is 0.176. The highest BCUT2D eigenvalue weighted by molar-refractivity contribution is 5.96. The van der Waals surface area contributed by atoms with Crippen LogP contribution in [0, 0.1) is 0 Å². The van der Waals surface area contributed by atoms with Crippen molar-refractivity contribution in [1.82, 2.24) is 5.32 Å². The molecule has 0 aliphatic rings. The number of aliphatic hydroxyl groups is 1. The van der Waals surface area contributed by atoms with Crippen molar-refractivity contribution in [1.29, 1.82) is 0 Å². The van der Waals surface area contributed by atoms with E-state index in [2.05, 4.69) is 10.1 Å².